The first-order chi connectivity index (χ1) is 8.65. The number of carbonyl (C=O) groups excluding carboxylic acids is 1. The molecular weight excluding hydrogens is 248 g/mol. The van der Waals surface area contributed by atoms with Crippen molar-refractivity contribution in [3.8, 4) is 5.75 Å². The molecule has 2 rings (SSSR count). The molecule has 0 unspecified atom stereocenters. The molecule has 1 saturated carbocycles. The Hall–Kier alpha value is -1.02. The van der Waals surface area contributed by atoms with Gasteiger partial charge in [-0.2, -0.15) is 0 Å². The van der Waals surface area contributed by atoms with E-state index >= 15 is 0 Å². The van der Waals surface area contributed by atoms with Crippen LogP contribution < -0.4 is 4.74 Å². The summed E-state index contributed by atoms with van der Waals surface area (Å²) >= 11 is 5.86. The third kappa shape index (κ3) is 3.74. The number of hydrogen-bond donors (Lipinski definition) is 0. The monoisotopic (exact) mass is 266 g/mol. The summed E-state index contributed by atoms with van der Waals surface area (Å²) in [5.74, 6) is 1.21. The molecule has 98 valence electrons. The fraction of sp³-hybridized carbons (Fsp3) is 0.533. The first-order valence-electron chi connectivity index (χ1n) is 6.62. The Bertz CT molecular complexity index is 423. The third-order valence-corrected chi connectivity index (χ3v) is 3.83. The van der Waals surface area contributed by atoms with Gasteiger partial charge < -0.3 is 4.74 Å². The van der Waals surface area contributed by atoms with Crippen LogP contribution in [0, 0.1) is 12.8 Å². The average Bonchev–Trinajstić information content (AvgIpc) is 2.83. The van der Waals surface area contributed by atoms with Crippen LogP contribution in [0.25, 0.3) is 0 Å². The molecule has 1 aromatic carbocycles. The fourth-order valence-corrected chi connectivity index (χ4v) is 2.75. The molecule has 0 N–H and O–H groups in total. The van der Waals surface area contributed by atoms with Crippen LogP contribution in [0.5, 0.6) is 5.75 Å². The summed E-state index contributed by atoms with van der Waals surface area (Å²) in [6.45, 7) is 1.89. The first kappa shape index (κ1) is 13.4. The maximum atomic E-state index is 11.8. The van der Waals surface area contributed by atoms with E-state index < -0.39 is 0 Å². The lowest BCUT2D eigenvalue weighted by atomic mass is 10.0. The third-order valence-electron chi connectivity index (χ3n) is 3.59. The average molecular weight is 267 g/mol. The van der Waals surface area contributed by atoms with Crippen molar-refractivity contribution in [2.75, 3.05) is 0 Å². The molecule has 0 aromatic heterocycles. The van der Waals surface area contributed by atoms with Crippen LogP contribution in [0.1, 0.15) is 44.1 Å². The summed E-state index contributed by atoms with van der Waals surface area (Å²) in [7, 11) is 0. The molecule has 0 spiro atoms. The van der Waals surface area contributed by atoms with Crippen LogP contribution in [0.4, 0.5) is 0 Å². The molecule has 18 heavy (non-hydrogen) atoms. The molecule has 1 aliphatic carbocycles. The molecule has 3 heteroatoms. The van der Waals surface area contributed by atoms with Gasteiger partial charge in [-0.05, 0) is 43.0 Å². The van der Waals surface area contributed by atoms with Crippen LogP contribution in [-0.4, -0.2) is 5.97 Å². The normalized spacial score (nSPS) is 15.9. The lowest BCUT2D eigenvalue weighted by Gasteiger charge is -2.10. The van der Waals surface area contributed by atoms with E-state index in [9.17, 15) is 4.79 Å². The molecule has 0 radical (unpaired) electrons. The van der Waals surface area contributed by atoms with Gasteiger partial charge in [-0.1, -0.05) is 37.3 Å². The Kier molecular flexibility index (Phi) is 4.65. The number of esters is 1. The van der Waals surface area contributed by atoms with Gasteiger partial charge in [0, 0.05) is 11.4 Å². The Labute approximate surface area is 113 Å². The number of benzene rings is 1. The molecule has 1 fully saturated rings. The molecule has 1 aromatic rings. The van der Waals surface area contributed by atoms with Crippen molar-refractivity contribution >= 4 is 17.6 Å². The number of ether oxygens (including phenoxy) is 1. The molecule has 0 bridgehead atoms. The highest BCUT2D eigenvalue weighted by Crippen LogP contribution is 2.29. The second kappa shape index (κ2) is 6.24. The number of halogens is 1. The van der Waals surface area contributed by atoms with Crippen LogP contribution in [0.15, 0.2) is 18.2 Å². The van der Waals surface area contributed by atoms with E-state index in [1.165, 1.54) is 25.7 Å². The number of aryl methyl sites for hydroxylation is 1. The number of rotatable bonds is 4. The second-order valence-electron chi connectivity index (χ2n) is 5.07. The van der Waals surface area contributed by atoms with E-state index in [1.54, 1.807) is 18.2 Å². The maximum absolute atomic E-state index is 11.8. The van der Waals surface area contributed by atoms with Crippen molar-refractivity contribution < 1.29 is 9.53 Å². The van der Waals surface area contributed by atoms with Crippen molar-refractivity contribution in [2.45, 2.75) is 45.4 Å². The summed E-state index contributed by atoms with van der Waals surface area (Å²) in [6, 6.07) is 5.31. The minimum atomic E-state index is -0.132. The van der Waals surface area contributed by atoms with Gasteiger partial charge >= 0.3 is 5.97 Å². The van der Waals surface area contributed by atoms with Gasteiger partial charge in [0.1, 0.15) is 5.75 Å². The standard InChI is InChI=1S/C15H19ClO2/c1-11-10-13(16)7-8-14(11)18-15(17)9-6-12-4-2-3-5-12/h7-8,10,12H,2-6,9H2,1H3. The zero-order chi connectivity index (χ0) is 13.0. The summed E-state index contributed by atoms with van der Waals surface area (Å²) in [4.78, 5) is 11.8. The van der Waals surface area contributed by atoms with Crippen LogP contribution in [-0.2, 0) is 4.79 Å². The van der Waals surface area contributed by atoms with Crippen molar-refractivity contribution in [3.05, 3.63) is 28.8 Å². The second-order valence-corrected chi connectivity index (χ2v) is 5.51. The minimum absolute atomic E-state index is 0.132. The highest BCUT2D eigenvalue weighted by atomic mass is 35.5. The molecule has 2 nitrogen and oxygen atoms in total. The predicted molar refractivity (Wildman–Crippen MR) is 73.0 cm³/mol. The summed E-state index contributed by atoms with van der Waals surface area (Å²) in [6.07, 6.45) is 6.66. The highest BCUT2D eigenvalue weighted by molar-refractivity contribution is 6.30. The maximum Gasteiger partial charge on any atom is 0.311 e. The number of carbonyl (C=O) groups is 1. The van der Waals surface area contributed by atoms with E-state index in [-0.39, 0.29) is 5.97 Å². The molecule has 0 saturated heterocycles. The molecule has 1 aliphatic rings. The summed E-state index contributed by atoms with van der Waals surface area (Å²) in [5.41, 5.74) is 0.900. The number of hydrogen-bond acceptors (Lipinski definition) is 2. The zero-order valence-corrected chi connectivity index (χ0v) is 11.5. The van der Waals surface area contributed by atoms with E-state index in [4.69, 9.17) is 16.3 Å². The molecule has 0 atom stereocenters. The van der Waals surface area contributed by atoms with E-state index in [0.717, 1.165) is 17.9 Å². The largest absolute Gasteiger partial charge is 0.426 e. The highest BCUT2D eigenvalue weighted by Gasteiger charge is 2.17. The summed E-state index contributed by atoms with van der Waals surface area (Å²) in [5, 5.41) is 0.665. The van der Waals surface area contributed by atoms with Crippen molar-refractivity contribution in [1.82, 2.24) is 0 Å². The van der Waals surface area contributed by atoms with Crippen molar-refractivity contribution in [3.63, 3.8) is 0 Å². The van der Waals surface area contributed by atoms with Gasteiger partial charge in [0.15, 0.2) is 0 Å². The lowest BCUT2D eigenvalue weighted by Crippen LogP contribution is -2.10. The van der Waals surface area contributed by atoms with Gasteiger partial charge in [-0.3, -0.25) is 4.79 Å². The smallest absolute Gasteiger partial charge is 0.311 e. The van der Waals surface area contributed by atoms with Crippen LogP contribution >= 0.6 is 11.6 Å². The minimum Gasteiger partial charge on any atom is -0.426 e. The van der Waals surface area contributed by atoms with Crippen molar-refractivity contribution in [2.24, 2.45) is 5.92 Å². The Morgan fingerprint density at radius 1 is 1.39 bits per heavy atom. The first-order valence-corrected chi connectivity index (χ1v) is 7.00. The van der Waals surface area contributed by atoms with Gasteiger partial charge in [-0.15, -0.1) is 0 Å². The molecular formula is C15H19ClO2. The zero-order valence-electron chi connectivity index (χ0n) is 10.7. The topological polar surface area (TPSA) is 26.3 Å². The lowest BCUT2D eigenvalue weighted by molar-refractivity contribution is -0.134. The Morgan fingerprint density at radius 3 is 2.78 bits per heavy atom. The quantitative estimate of drug-likeness (QED) is 0.591. The van der Waals surface area contributed by atoms with Crippen LogP contribution in [0.3, 0.4) is 0 Å². The molecule has 0 amide bonds. The Balaban J connectivity index is 1.82. The van der Waals surface area contributed by atoms with Gasteiger partial charge in [0.25, 0.3) is 0 Å². The fourth-order valence-electron chi connectivity index (χ4n) is 2.52. The molecule has 0 aliphatic heterocycles. The SMILES string of the molecule is Cc1cc(Cl)ccc1OC(=O)CCC1CCCC1. The summed E-state index contributed by atoms with van der Waals surface area (Å²) < 4.78 is 5.36. The van der Waals surface area contributed by atoms with Gasteiger partial charge in [0.05, 0.1) is 0 Å². The van der Waals surface area contributed by atoms with E-state index in [1.807, 2.05) is 6.92 Å². The molecule has 0 heterocycles. The Morgan fingerprint density at radius 2 is 2.11 bits per heavy atom. The van der Waals surface area contributed by atoms with Crippen LogP contribution in [0.2, 0.25) is 5.02 Å². The van der Waals surface area contributed by atoms with Crippen molar-refractivity contribution in [1.29, 1.82) is 0 Å². The predicted octanol–water partition coefficient (Wildman–Crippen LogP) is 4.52. The van der Waals surface area contributed by atoms with Gasteiger partial charge in [0.2, 0.25) is 0 Å². The van der Waals surface area contributed by atoms with E-state index in [2.05, 4.69) is 0 Å². The van der Waals surface area contributed by atoms with Gasteiger partial charge in [-0.25, -0.2) is 0 Å². The van der Waals surface area contributed by atoms with E-state index in [0.29, 0.717) is 17.2 Å².